The van der Waals surface area contributed by atoms with Crippen LogP contribution in [0.2, 0.25) is 0 Å². The highest BCUT2D eigenvalue weighted by Crippen LogP contribution is 2.30. The van der Waals surface area contributed by atoms with Gasteiger partial charge in [-0.15, -0.1) is 0 Å². The van der Waals surface area contributed by atoms with Crippen molar-refractivity contribution in [3.8, 4) is 0 Å². The van der Waals surface area contributed by atoms with Crippen molar-refractivity contribution in [2.45, 2.75) is 39.0 Å². The van der Waals surface area contributed by atoms with E-state index in [-0.39, 0.29) is 36.5 Å². The average Bonchev–Trinajstić information content (AvgIpc) is 2.58. The van der Waals surface area contributed by atoms with Crippen molar-refractivity contribution in [2.24, 2.45) is 5.92 Å². The van der Waals surface area contributed by atoms with Gasteiger partial charge in [0.15, 0.2) is 5.78 Å². The Morgan fingerprint density at radius 3 is 2.68 bits per heavy atom. The number of piperidine rings is 1. The van der Waals surface area contributed by atoms with Gasteiger partial charge in [-0.05, 0) is 38.8 Å². The molecule has 0 radical (unpaired) electrons. The van der Waals surface area contributed by atoms with Crippen molar-refractivity contribution in [3.63, 3.8) is 0 Å². The second-order valence-corrected chi connectivity index (χ2v) is 6.48. The number of likely N-dealkylation sites (tertiary alicyclic amines) is 1. The Balaban J connectivity index is 2.05. The molecule has 7 heteroatoms. The van der Waals surface area contributed by atoms with Crippen LogP contribution in [0.15, 0.2) is 24.3 Å². The molecule has 0 N–H and O–H groups in total. The summed E-state index contributed by atoms with van der Waals surface area (Å²) in [6, 6.07) is 4.44. The summed E-state index contributed by atoms with van der Waals surface area (Å²) in [6.07, 6.45) is -3.36. The number of nitrogens with zero attached hydrogens (tertiary/aromatic N) is 1. The average molecular weight is 357 g/mol. The van der Waals surface area contributed by atoms with Crippen LogP contribution in [0, 0.1) is 5.92 Å². The van der Waals surface area contributed by atoms with Crippen LogP contribution < -0.4 is 0 Å². The van der Waals surface area contributed by atoms with E-state index in [1.54, 1.807) is 4.90 Å². The van der Waals surface area contributed by atoms with Crippen LogP contribution in [-0.4, -0.2) is 42.4 Å². The number of halogens is 3. The van der Waals surface area contributed by atoms with Crippen molar-refractivity contribution in [1.82, 2.24) is 4.90 Å². The van der Waals surface area contributed by atoms with E-state index in [0.717, 1.165) is 12.1 Å². The highest BCUT2D eigenvalue weighted by Gasteiger charge is 2.33. The Morgan fingerprint density at radius 1 is 1.32 bits per heavy atom. The largest absolute Gasteiger partial charge is 0.416 e. The molecule has 25 heavy (non-hydrogen) atoms. The molecule has 0 aromatic heterocycles. The summed E-state index contributed by atoms with van der Waals surface area (Å²) in [5.74, 6) is -1.04. The van der Waals surface area contributed by atoms with Gasteiger partial charge in [-0.3, -0.25) is 9.59 Å². The van der Waals surface area contributed by atoms with Crippen molar-refractivity contribution in [2.75, 3.05) is 19.7 Å². The van der Waals surface area contributed by atoms with E-state index in [0.29, 0.717) is 19.4 Å². The van der Waals surface area contributed by atoms with Gasteiger partial charge in [0.25, 0.3) is 0 Å². The van der Waals surface area contributed by atoms with Gasteiger partial charge in [0.2, 0.25) is 5.91 Å². The molecule has 0 aliphatic carbocycles. The van der Waals surface area contributed by atoms with Gasteiger partial charge in [0.1, 0.15) is 6.61 Å². The van der Waals surface area contributed by atoms with Crippen molar-refractivity contribution < 1.29 is 27.5 Å². The Kier molecular flexibility index (Phi) is 6.21. The first kappa shape index (κ1) is 19.4. The molecule has 1 fully saturated rings. The molecular weight excluding hydrogens is 335 g/mol. The molecule has 2 rings (SSSR count). The predicted molar refractivity (Wildman–Crippen MR) is 86.2 cm³/mol. The van der Waals surface area contributed by atoms with Gasteiger partial charge < -0.3 is 9.64 Å². The molecule has 0 bridgehead atoms. The first-order valence-corrected chi connectivity index (χ1v) is 8.29. The quantitative estimate of drug-likeness (QED) is 0.757. The minimum atomic E-state index is -4.49. The summed E-state index contributed by atoms with van der Waals surface area (Å²) in [5.41, 5.74) is -0.806. The van der Waals surface area contributed by atoms with E-state index in [1.807, 2.05) is 13.8 Å². The molecule has 1 aromatic rings. The second-order valence-electron chi connectivity index (χ2n) is 6.48. The third kappa shape index (κ3) is 5.29. The number of amides is 1. The van der Waals surface area contributed by atoms with Crippen LogP contribution in [-0.2, 0) is 15.7 Å². The lowest BCUT2D eigenvalue weighted by molar-refractivity contribution is -0.139. The van der Waals surface area contributed by atoms with Gasteiger partial charge in [-0.2, -0.15) is 13.2 Å². The highest BCUT2D eigenvalue weighted by molar-refractivity contribution is 5.98. The van der Waals surface area contributed by atoms with E-state index in [2.05, 4.69) is 0 Å². The number of carbonyl (C=O) groups excluding carboxylic acids is 2. The molecule has 1 heterocycles. The third-order valence-corrected chi connectivity index (χ3v) is 4.16. The standard InChI is InChI=1S/C18H22F3NO3/c1-12(2)25-11-16(23)22-8-4-6-14(10-22)17(24)13-5-3-7-15(9-13)18(19,20)21/h3,5,7,9,12,14H,4,6,8,10-11H2,1-2H3/t14-/m0/s1. The van der Waals surface area contributed by atoms with Crippen LogP contribution in [0.3, 0.4) is 0 Å². The number of ether oxygens (including phenoxy) is 1. The maximum absolute atomic E-state index is 12.8. The van der Waals surface area contributed by atoms with Gasteiger partial charge in [-0.1, -0.05) is 12.1 Å². The molecule has 1 saturated heterocycles. The maximum Gasteiger partial charge on any atom is 0.416 e. The molecule has 1 aromatic carbocycles. The lowest BCUT2D eigenvalue weighted by Crippen LogP contribution is -2.44. The number of hydrogen-bond donors (Lipinski definition) is 0. The Labute approximate surface area is 144 Å². The number of carbonyl (C=O) groups is 2. The van der Waals surface area contributed by atoms with E-state index < -0.39 is 17.7 Å². The maximum atomic E-state index is 12.8. The van der Waals surface area contributed by atoms with Gasteiger partial charge in [-0.25, -0.2) is 0 Å². The van der Waals surface area contributed by atoms with Crippen LogP contribution in [0.1, 0.15) is 42.6 Å². The fraction of sp³-hybridized carbons (Fsp3) is 0.556. The van der Waals surface area contributed by atoms with Crippen LogP contribution in [0.25, 0.3) is 0 Å². The normalized spacial score (nSPS) is 18.5. The first-order valence-electron chi connectivity index (χ1n) is 8.29. The number of Topliss-reactive ketones (excluding diaryl/α,β-unsaturated/α-hetero) is 1. The zero-order chi connectivity index (χ0) is 18.6. The van der Waals surface area contributed by atoms with Crippen LogP contribution >= 0.6 is 0 Å². The molecule has 1 amide bonds. The third-order valence-electron chi connectivity index (χ3n) is 4.16. The summed E-state index contributed by atoms with van der Waals surface area (Å²) >= 11 is 0. The van der Waals surface area contributed by atoms with Crippen LogP contribution in [0.5, 0.6) is 0 Å². The Morgan fingerprint density at radius 2 is 2.04 bits per heavy atom. The van der Waals surface area contributed by atoms with Gasteiger partial charge in [0.05, 0.1) is 11.7 Å². The number of alkyl halides is 3. The number of rotatable bonds is 5. The minimum absolute atomic E-state index is 0.0348. The smallest absolute Gasteiger partial charge is 0.369 e. The highest BCUT2D eigenvalue weighted by atomic mass is 19.4. The van der Waals surface area contributed by atoms with Crippen molar-refractivity contribution in [1.29, 1.82) is 0 Å². The molecule has 4 nitrogen and oxygen atoms in total. The van der Waals surface area contributed by atoms with E-state index >= 15 is 0 Å². The lowest BCUT2D eigenvalue weighted by atomic mass is 9.89. The summed E-state index contributed by atoms with van der Waals surface area (Å²) in [6.45, 7) is 4.34. The molecule has 0 unspecified atom stereocenters. The summed E-state index contributed by atoms with van der Waals surface area (Å²) in [4.78, 5) is 26.3. The number of ketones is 1. The fourth-order valence-corrected chi connectivity index (χ4v) is 2.83. The molecular formula is C18H22F3NO3. The van der Waals surface area contributed by atoms with E-state index in [4.69, 9.17) is 4.74 Å². The lowest BCUT2D eigenvalue weighted by Gasteiger charge is -2.32. The first-order chi connectivity index (χ1) is 11.7. The molecule has 138 valence electrons. The SMILES string of the molecule is CC(C)OCC(=O)N1CCC[C@H](C(=O)c2cccc(C(F)(F)F)c2)C1. The second kappa shape index (κ2) is 7.99. The minimum Gasteiger partial charge on any atom is -0.369 e. The van der Waals surface area contributed by atoms with Crippen LogP contribution in [0.4, 0.5) is 13.2 Å². The summed E-state index contributed by atoms with van der Waals surface area (Å²) < 4.78 is 43.7. The molecule has 1 aliphatic rings. The van der Waals surface area contributed by atoms with E-state index in [1.165, 1.54) is 12.1 Å². The molecule has 1 aliphatic heterocycles. The Hall–Kier alpha value is -1.89. The molecule has 0 spiro atoms. The topological polar surface area (TPSA) is 46.6 Å². The number of benzene rings is 1. The van der Waals surface area contributed by atoms with E-state index in [9.17, 15) is 22.8 Å². The molecule has 1 atom stereocenters. The summed E-state index contributed by atoms with van der Waals surface area (Å²) in [5, 5.41) is 0. The Bertz CT molecular complexity index is 628. The zero-order valence-electron chi connectivity index (χ0n) is 14.3. The fourth-order valence-electron chi connectivity index (χ4n) is 2.83. The molecule has 0 saturated carbocycles. The van der Waals surface area contributed by atoms with Crippen molar-refractivity contribution in [3.05, 3.63) is 35.4 Å². The summed E-state index contributed by atoms with van der Waals surface area (Å²) in [7, 11) is 0. The monoisotopic (exact) mass is 357 g/mol. The van der Waals surface area contributed by atoms with Gasteiger partial charge >= 0.3 is 6.18 Å². The van der Waals surface area contributed by atoms with Crippen molar-refractivity contribution >= 4 is 11.7 Å². The zero-order valence-corrected chi connectivity index (χ0v) is 14.3. The van der Waals surface area contributed by atoms with Gasteiger partial charge in [0, 0.05) is 24.6 Å². The number of hydrogen-bond acceptors (Lipinski definition) is 3. The predicted octanol–water partition coefficient (Wildman–Crippen LogP) is 3.55.